The molecule has 0 radical (unpaired) electrons. The van der Waals surface area contributed by atoms with Crippen molar-refractivity contribution in [3.05, 3.63) is 35.7 Å². The summed E-state index contributed by atoms with van der Waals surface area (Å²) < 4.78 is 0. The van der Waals surface area contributed by atoms with E-state index in [9.17, 15) is 0 Å². The lowest BCUT2D eigenvalue weighted by molar-refractivity contribution is 0.474. The molecular weight excluding hydrogens is 160 g/mol. The number of nitrogens with two attached hydrogens (primary N) is 1. The van der Waals surface area contributed by atoms with Crippen LogP contribution in [-0.2, 0) is 6.42 Å². The Balaban J connectivity index is 2.43. The molecule has 0 saturated heterocycles. The summed E-state index contributed by atoms with van der Waals surface area (Å²) in [6.45, 7) is 2.09. The van der Waals surface area contributed by atoms with Gasteiger partial charge in [-0.05, 0) is 37.0 Å². The second-order valence-corrected chi connectivity index (χ2v) is 4.01. The summed E-state index contributed by atoms with van der Waals surface area (Å²) in [4.78, 5) is 4.10. The fourth-order valence-corrected chi connectivity index (χ4v) is 1.71. The smallest absolute Gasteiger partial charge is 0.0342 e. The first-order valence-electron chi connectivity index (χ1n) is 4.56. The second kappa shape index (κ2) is 2.96. The van der Waals surface area contributed by atoms with Gasteiger partial charge in [0, 0.05) is 17.9 Å². The van der Waals surface area contributed by atoms with E-state index < -0.39 is 0 Å². The van der Waals surface area contributed by atoms with Crippen LogP contribution in [0.4, 0.5) is 0 Å². The van der Waals surface area contributed by atoms with E-state index in [0.29, 0.717) is 0 Å². The molecule has 1 aliphatic carbocycles. The molecule has 0 amide bonds. The third-order valence-electron chi connectivity index (χ3n) is 2.42. The monoisotopic (exact) mass is 174 g/mol. The summed E-state index contributed by atoms with van der Waals surface area (Å²) in [5.74, 6) is 0. The predicted molar refractivity (Wildman–Crippen MR) is 54.2 cm³/mol. The first kappa shape index (κ1) is 8.45. The third-order valence-corrected chi connectivity index (χ3v) is 2.42. The van der Waals surface area contributed by atoms with Gasteiger partial charge < -0.3 is 5.73 Å². The average molecular weight is 174 g/mol. The molecule has 0 fully saturated rings. The predicted octanol–water partition coefficient (Wildman–Crippen LogP) is 1.76. The average Bonchev–Trinajstić information content (AvgIpc) is 2.21. The van der Waals surface area contributed by atoms with Crippen molar-refractivity contribution in [3.63, 3.8) is 0 Å². The van der Waals surface area contributed by atoms with E-state index in [-0.39, 0.29) is 5.54 Å². The second-order valence-electron chi connectivity index (χ2n) is 4.01. The van der Waals surface area contributed by atoms with E-state index in [2.05, 4.69) is 30.1 Å². The highest BCUT2D eigenvalue weighted by atomic mass is 14.7. The summed E-state index contributed by atoms with van der Waals surface area (Å²) in [7, 11) is 0. The molecule has 1 unspecified atom stereocenters. The lowest BCUT2D eigenvalue weighted by atomic mass is 9.92. The Kier molecular flexibility index (Phi) is 1.93. The summed E-state index contributed by atoms with van der Waals surface area (Å²) in [6.07, 6.45) is 9.83. The Hall–Kier alpha value is -1.15. The highest BCUT2D eigenvalue weighted by Crippen LogP contribution is 2.22. The molecule has 2 rings (SSSR count). The van der Waals surface area contributed by atoms with Crippen molar-refractivity contribution >= 4 is 6.08 Å². The topological polar surface area (TPSA) is 38.9 Å². The number of hydrogen-bond acceptors (Lipinski definition) is 2. The molecule has 2 heteroatoms. The molecule has 13 heavy (non-hydrogen) atoms. The van der Waals surface area contributed by atoms with Crippen molar-refractivity contribution in [2.75, 3.05) is 0 Å². The number of pyridine rings is 1. The van der Waals surface area contributed by atoms with Crippen LogP contribution in [0.15, 0.2) is 24.5 Å². The van der Waals surface area contributed by atoms with Crippen molar-refractivity contribution in [1.29, 1.82) is 0 Å². The van der Waals surface area contributed by atoms with Crippen LogP contribution in [0.5, 0.6) is 0 Å². The van der Waals surface area contributed by atoms with Crippen molar-refractivity contribution in [2.45, 2.75) is 25.3 Å². The van der Waals surface area contributed by atoms with E-state index in [1.54, 1.807) is 0 Å². The number of nitrogens with zero attached hydrogens (tertiary/aromatic N) is 1. The van der Waals surface area contributed by atoms with Gasteiger partial charge in [0.05, 0.1) is 0 Å². The minimum atomic E-state index is -0.108. The van der Waals surface area contributed by atoms with Crippen LogP contribution in [0.2, 0.25) is 0 Å². The van der Waals surface area contributed by atoms with E-state index in [4.69, 9.17) is 5.73 Å². The van der Waals surface area contributed by atoms with Gasteiger partial charge in [-0.3, -0.25) is 4.98 Å². The molecule has 1 aromatic rings. The maximum Gasteiger partial charge on any atom is 0.0342 e. The van der Waals surface area contributed by atoms with Gasteiger partial charge >= 0.3 is 0 Å². The fourth-order valence-electron chi connectivity index (χ4n) is 1.71. The molecule has 0 bridgehead atoms. The molecule has 2 N–H and O–H groups in total. The number of aromatic nitrogens is 1. The summed E-state index contributed by atoms with van der Waals surface area (Å²) in [5.41, 5.74) is 8.52. The van der Waals surface area contributed by atoms with Gasteiger partial charge in [0.15, 0.2) is 0 Å². The highest BCUT2D eigenvalue weighted by molar-refractivity contribution is 5.54. The van der Waals surface area contributed by atoms with Gasteiger partial charge in [0.2, 0.25) is 0 Å². The Morgan fingerprint density at radius 3 is 3.23 bits per heavy atom. The van der Waals surface area contributed by atoms with Crippen LogP contribution in [-0.4, -0.2) is 10.5 Å². The molecule has 1 atom stereocenters. The molecular formula is C11H14N2. The lowest BCUT2D eigenvalue weighted by Gasteiger charge is -2.21. The summed E-state index contributed by atoms with van der Waals surface area (Å²) in [5, 5.41) is 0. The number of hydrogen-bond donors (Lipinski definition) is 1. The molecule has 1 aromatic heterocycles. The van der Waals surface area contributed by atoms with Gasteiger partial charge in [0.25, 0.3) is 0 Å². The van der Waals surface area contributed by atoms with Crippen molar-refractivity contribution < 1.29 is 0 Å². The summed E-state index contributed by atoms with van der Waals surface area (Å²) in [6, 6.07) is 2.05. The molecule has 1 heterocycles. The molecule has 1 aliphatic rings. The van der Waals surface area contributed by atoms with Gasteiger partial charge in [-0.15, -0.1) is 0 Å². The molecule has 0 aliphatic heterocycles. The Labute approximate surface area is 78.5 Å². The molecule has 2 nitrogen and oxygen atoms in total. The molecule has 68 valence electrons. The van der Waals surface area contributed by atoms with Crippen LogP contribution in [0, 0.1) is 0 Å². The fraction of sp³-hybridized carbons (Fsp3) is 0.364. The summed E-state index contributed by atoms with van der Waals surface area (Å²) >= 11 is 0. The van der Waals surface area contributed by atoms with E-state index in [0.717, 1.165) is 12.8 Å². The molecule has 0 spiro atoms. The first-order valence-corrected chi connectivity index (χ1v) is 4.56. The van der Waals surface area contributed by atoms with E-state index >= 15 is 0 Å². The third kappa shape index (κ3) is 1.78. The van der Waals surface area contributed by atoms with Crippen molar-refractivity contribution in [1.82, 2.24) is 4.98 Å². The Bertz CT molecular complexity index is 340. The van der Waals surface area contributed by atoms with Crippen LogP contribution in [0.3, 0.4) is 0 Å². The largest absolute Gasteiger partial charge is 0.325 e. The zero-order valence-corrected chi connectivity index (χ0v) is 7.83. The lowest BCUT2D eigenvalue weighted by Crippen LogP contribution is -2.37. The van der Waals surface area contributed by atoms with E-state index in [1.807, 2.05) is 12.4 Å². The van der Waals surface area contributed by atoms with Gasteiger partial charge in [-0.1, -0.05) is 12.2 Å². The van der Waals surface area contributed by atoms with E-state index in [1.165, 1.54) is 11.1 Å². The Morgan fingerprint density at radius 2 is 2.38 bits per heavy atom. The Morgan fingerprint density at radius 1 is 1.54 bits per heavy atom. The molecule has 0 saturated carbocycles. The minimum Gasteiger partial charge on any atom is -0.325 e. The van der Waals surface area contributed by atoms with Crippen LogP contribution >= 0.6 is 0 Å². The zero-order valence-electron chi connectivity index (χ0n) is 7.83. The van der Waals surface area contributed by atoms with Gasteiger partial charge in [-0.2, -0.15) is 0 Å². The number of fused-ring (bicyclic) bond motifs is 1. The quantitative estimate of drug-likeness (QED) is 0.651. The van der Waals surface area contributed by atoms with Crippen LogP contribution in [0.25, 0.3) is 6.08 Å². The van der Waals surface area contributed by atoms with Crippen LogP contribution < -0.4 is 5.73 Å². The van der Waals surface area contributed by atoms with Crippen molar-refractivity contribution in [3.8, 4) is 0 Å². The minimum absolute atomic E-state index is 0.108. The zero-order chi connectivity index (χ0) is 9.31. The normalized spacial score (nSPS) is 26.6. The van der Waals surface area contributed by atoms with Gasteiger partial charge in [-0.25, -0.2) is 0 Å². The standard InChI is InChI=1S/C11H14N2/c1-11(12)5-2-3-10-8-13-6-4-9(10)7-11/h2-4,6,8H,5,7,12H2,1H3. The molecule has 0 aromatic carbocycles. The maximum absolute atomic E-state index is 6.12. The SMILES string of the molecule is CC1(N)CC=Cc2cnccc2C1. The highest BCUT2D eigenvalue weighted by Gasteiger charge is 2.20. The van der Waals surface area contributed by atoms with Crippen molar-refractivity contribution in [2.24, 2.45) is 5.73 Å². The van der Waals surface area contributed by atoms with Crippen LogP contribution in [0.1, 0.15) is 24.5 Å². The van der Waals surface area contributed by atoms with Gasteiger partial charge in [0.1, 0.15) is 0 Å². The maximum atomic E-state index is 6.12. The first-order chi connectivity index (χ1) is 6.17. The number of rotatable bonds is 0.